The van der Waals surface area contributed by atoms with Crippen LogP contribution in [0.15, 0.2) is 24.4 Å². The number of aromatic nitrogens is 1. The van der Waals surface area contributed by atoms with E-state index in [0.29, 0.717) is 0 Å². The van der Waals surface area contributed by atoms with Crippen molar-refractivity contribution in [3.05, 3.63) is 30.1 Å². The van der Waals surface area contributed by atoms with Gasteiger partial charge in [-0.15, -0.1) is 0 Å². The summed E-state index contributed by atoms with van der Waals surface area (Å²) in [5.74, 6) is 0. The maximum absolute atomic E-state index is 4.38. The molecule has 0 atom stereocenters. The summed E-state index contributed by atoms with van der Waals surface area (Å²) in [4.78, 5) is 9.22. The Bertz CT molecular complexity index is 304. The highest BCUT2D eigenvalue weighted by atomic mass is 15.2. The highest BCUT2D eigenvalue weighted by Crippen LogP contribution is 2.15. The standard InChI is InChI=1S/C13H21N3/c1-15-9-6-13(7-10-15)16(2)11-12-5-3-4-8-14-12/h3-5,8,13H,6-7,9-11H2,1-2H3. The number of nitrogens with zero attached hydrogens (tertiary/aromatic N) is 3. The van der Waals surface area contributed by atoms with Crippen LogP contribution in [0.2, 0.25) is 0 Å². The van der Waals surface area contributed by atoms with Gasteiger partial charge in [0.05, 0.1) is 5.69 Å². The molecule has 1 aromatic rings. The van der Waals surface area contributed by atoms with Crippen molar-refractivity contribution in [2.24, 2.45) is 0 Å². The van der Waals surface area contributed by atoms with E-state index in [1.54, 1.807) is 0 Å². The van der Waals surface area contributed by atoms with Crippen molar-refractivity contribution >= 4 is 0 Å². The molecule has 1 fully saturated rings. The van der Waals surface area contributed by atoms with Gasteiger partial charge in [0.2, 0.25) is 0 Å². The van der Waals surface area contributed by atoms with Crippen LogP contribution in [-0.2, 0) is 6.54 Å². The summed E-state index contributed by atoms with van der Waals surface area (Å²) in [6.07, 6.45) is 4.43. The van der Waals surface area contributed by atoms with Gasteiger partial charge in [-0.1, -0.05) is 6.07 Å². The Kier molecular flexibility index (Phi) is 3.91. The van der Waals surface area contributed by atoms with Gasteiger partial charge in [0.15, 0.2) is 0 Å². The molecule has 0 bridgehead atoms. The first-order chi connectivity index (χ1) is 7.75. The third kappa shape index (κ3) is 3.03. The lowest BCUT2D eigenvalue weighted by molar-refractivity contribution is 0.138. The first-order valence-electron chi connectivity index (χ1n) is 6.04. The minimum atomic E-state index is 0.721. The summed E-state index contributed by atoms with van der Waals surface area (Å²) in [5, 5.41) is 0. The van der Waals surface area contributed by atoms with Gasteiger partial charge in [-0.05, 0) is 52.2 Å². The largest absolute Gasteiger partial charge is 0.306 e. The van der Waals surface area contributed by atoms with Crippen LogP contribution in [0.25, 0.3) is 0 Å². The molecule has 1 aliphatic rings. The van der Waals surface area contributed by atoms with Crippen molar-refractivity contribution in [1.82, 2.24) is 14.8 Å². The lowest BCUT2D eigenvalue weighted by atomic mass is 10.0. The van der Waals surface area contributed by atoms with Crippen molar-refractivity contribution in [3.63, 3.8) is 0 Å². The van der Waals surface area contributed by atoms with Crippen LogP contribution < -0.4 is 0 Å². The summed E-state index contributed by atoms with van der Waals surface area (Å²) in [7, 11) is 4.42. The van der Waals surface area contributed by atoms with Gasteiger partial charge in [0, 0.05) is 18.8 Å². The van der Waals surface area contributed by atoms with Crippen LogP contribution >= 0.6 is 0 Å². The maximum Gasteiger partial charge on any atom is 0.0543 e. The summed E-state index contributed by atoms with van der Waals surface area (Å²) < 4.78 is 0. The van der Waals surface area contributed by atoms with Crippen LogP contribution in [0.1, 0.15) is 18.5 Å². The van der Waals surface area contributed by atoms with Gasteiger partial charge < -0.3 is 4.90 Å². The first-order valence-corrected chi connectivity index (χ1v) is 6.04. The monoisotopic (exact) mass is 219 g/mol. The second-order valence-electron chi connectivity index (χ2n) is 4.77. The molecule has 2 heterocycles. The summed E-state index contributed by atoms with van der Waals surface area (Å²) in [6, 6.07) is 6.85. The molecule has 2 rings (SSSR count). The van der Waals surface area contributed by atoms with Crippen LogP contribution in [0.5, 0.6) is 0 Å². The number of piperidine rings is 1. The molecule has 88 valence electrons. The SMILES string of the molecule is CN1CCC(N(C)Cc2ccccn2)CC1. The van der Waals surface area contributed by atoms with Crippen molar-refractivity contribution < 1.29 is 0 Å². The molecule has 0 aliphatic carbocycles. The van der Waals surface area contributed by atoms with Crippen molar-refractivity contribution in [3.8, 4) is 0 Å². The fraction of sp³-hybridized carbons (Fsp3) is 0.615. The van der Waals surface area contributed by atoms with Gasteiger partial charge in [-0.3, -0.25) is 9.88 Å². The highest BCUT2D eigenvalue weighted by molar-refractivity contribution is 5.03. The number of pyridine rings is 1. The van der Waals surface area contributed by atoms with Crippen molar-refractivity contribution in [2.75, 3.05) is 27.2 Å². The predicted molar refractivity (Wildman–Crippen MR) is 66.2 cm³/mol. The molecule has 0 unspecified atom stereocenters. The zero-order valence-electron chi connectivity index (χ0n) is 10.3. The van der Waals surface area contributed by atoms with Crippen LogP contribution in [-0.4, -0.2) is 48.0 Å². The molecule has 0 amide bonds. The van der Waals surface area contributed by atoms with Gasteiger partial charge in [-0.25, -0.2) is 0 Å². The van der Waals surface area contributed by atoms with Gasteiger partial charge in [0.25, 0.3) is 0 Å². The quantitative estimate of drug-likeness (QED) is 0.770. The van der Waals surface area contributed by atoms with E-state index in [1.807, 2.05) is 12.3 Å². The molecular formula is C13H21N3. The third-order valence-corrected chi connectivity index (χ3v) is 3.45. The maximum atomic E-state index is 4.38. The van der Waals surface area contributed by atoms with Crippen molar-refractivity contribution in [2.45, 2.75) is 25.4 Å². The van der Waals surface area contributed by atoms with Gasteiger partial charge in [0.1, 0.15) is 0 Å². The van der Waals surface area contributed by atoms with Gasteiger partial charge >= 0.3 is 0 Å². The molecule has 1 saturated heterocycles. The van der Waals surface area contributed by atoms with Crippen LogP contribution in [0.3, 0.4) is 0 Å². The second-order valence-corrected chi connectivity index (χ2v) is 4.77. The zero-order chi connectivity index (χ0) is 11.4. The van der Waals surface area contributed by atoms with E-state index in [4.69, 9.17) is 0 Å². The van der Waals surface area contributed by atoms with Crippen LogP contribution in [0.4, 0.5) is 0 Å². The molecule has 0 radical (unpaired) electrons. The number of hydrogen-bond acceptors (Lipinski definition) is 3. The summed E-state index contributed by atoms with van der Waals surface area (Å²) in [6.45, 7) is 3.41. The molecule has 3 heteroatoms. The predicted octanol–water partition coefficient (Wildman–Crippen LogP) is 1.61. The van der Waals surface area contributed by atoms with E-state index in [-0.39, 0.29) is 0 Å². The Morgan fingerprint density at radius 1 is 1.38 bits per heavy atom. The number of rotatable bonds is 3. The summed E-state index contributed by atoms with van der Waals surface area (Å²) in [5.41, 5.74) is 1.17. The first kappa shape index (κ1) is 11.6. The molecule has 16 heavy (non-hydrogen) atoms. The van der Waals surface area contributed by atoms with E-state index >= 15 is 0 Å². The molecule has 1 aromatic heterocycles. The minimum absolute atomic E-state index is 0.721. The van der Waals surface area contributed by atoms with Gasteiger partial charge in [-0.2, -0.15) is 0 Å². The summed E-state index contributed by atoms with van der Waals surface area (Å²) >= 11 is 0. The smallest absolute Gasteiger partial charge is 0.0543 e. The fourth-order valence-electron chi connectivity index (χ4n) is 2.31. The van der Waals surface area contributed by atoms with E-state index in [0.717, 1.165) is 12.6 Å². The molecular weight excluding hydrogens is 198 g/mol. The van der Waals surface area contributed by atoms with E-state index in [9.17, 15) is 0 Å². The Morgan fingerprint density at radius 2 is 2.12 bits per heavy atom. The normalized spacial score (nSPS) is 19.2. The fourth-order valence-corrected chi connectivity index (χ4v) is 2.31. The zero-order valence-corrected chi connectivity index (χ0v) is 10.3. The lowest BCUT2D eigenvalue weighted by Crippen LogP contribution is -2.41. The second kappa shape index (κ2) is 5.41. The molecule has 0 spiro atoms. The number of hydrogen-bond donors (Lipinski definition) is 0. The Hall–Kier alpha value is -0.930. The Labute approximate surface area is 98.1 Å². The molecule has 3 nitrogen and oxygen atoms in total. The third-order valence-electron chi connectivity index (χ3n) is 3.45. The van der Waals surface area contributed by atoms with E-state index in [1.165, 1.54) is 31.6 Å². The topological polar surface area (TPSA) is 19.4 Å². The molecule has 0 saturated carbocycles. The number of likely N-dealkylation sites (tertiary alicyclic amines) is 1. The van der Waals surface area contributed by atoms with E-state index < -0.39 is 0 Å². The average molecular weight is 219 g/mol. The highest BCUT2D eigenvalue weighted by Gasteiger charge is 2.20. The Balaban J connectivity index is 1.86. The lowest BCUT2D eigenvalue weighted by Gasteiger charge is -2.34. The molecule has 1 aliphatic heterocycles. The Morgan fingerprint density at radius 3 is 2.75 bits per heavy atom. The van der Waals surface area contributed by atoms with E-state index in [2.05, 4.69) is 41.0 Å². The van der Waals surface area contributed by atoms with Crippen LogP contribution in [0, 0.1) is 0 Å². The average Bonchev–Trinajstić information content (AvgIpc) is 2.31. The molecule has 0 aromatic carbocycles. The minimum Gasteiger partial charge on any atom is -0.306 e. The van der Waals surface area contributed by atoms with Crippen molar-refractivity contribution in [1.29, 1.82) is 0 Å². The molecule has 0 N–H and O–H groups in total.